The van der Waals surface area contributed by atoms with Crippen molar-refractivity contribution in [3.8, 4) is 0 Å². The van der Waals surface area contributed by atoms with Gasteiger partial charge in [-0.25, -0.2) is 0 Å². The van der Waals surface area contributed by atoms with Gasteiger partial charge in [0.15, 0.2) is 0 Å². The number of anilines is 1. The molecule has 0 aliphatic heterocycles. The van der Waals surface area contributed by atoms with Gasteiger partial charge in [0.05, 0.1) is 6.10 Å². The molecule has 2 unspecified atom stereocenters. The molecule has 2 rings (SSSR count). The van der Waals surface area contributed by atoms with E-state index in [9.17, 15) is 5.11 Å². The van der Waals surface area contributed by atoms with Gasteiger partial charge in [-0.05, 0) is 31.4 Å². The van der Waals surface area contributed by atoms with Crippen molar-refractivity contribution in [3.63, 3.8) is 0 Å². The third kappa shape index (κ3) is 5.01. The van der Waals surface area contributed by atoms with Crippen LogP contribution in [-0.4, -0.2) is 30.3 Å². The maximum Gasteiger partial charge on any atom is 0.0865 e. The lowest BCUT2D eigenvalue weighted by Gasteiger charge is -2.31. The lowest BCUT2D eigenvalue weighted by Crippen LogP contribution is -2.44. The number of benzene rings is 1. The van der Waals surface area contributed by atoms with Crippen molar-refractivity contribution in [2.45, 2.75) is 57.6 Å². The van der Waals surface area contributed by atoms with Crippen LogP contribution in [0.4, 0.5) is 5.69 Å². The normalized spacial score (nSPS) is 19.2. The molecule has 0 saturated heterocycles. The van der Waals surface area contributed by atoms with Gasteiger partial charge in [0.1, 0.15) is 0 Å². The van der Waals surface area contributed by atoms with E-state index in [2.05, 4.69) is 24.0 Å². The Bertz CT molecular complexity index is 389. The number of aliphatic hydroxyl groups is 1. The number of rotatable bonds is 7. The Morgan fingerprint density at radius 3 is 2.48 bits per heavy atom. The van der Waals surface area contributed by atoms with Crippen molar-refractivity contribution in [1.82, 2.24) is 0 Å². The van der Waals surface area contributed by atoms with Gasteiger partial charge in [0.2, 0.25) is 0 Å². The lowest BCUT2D eigenvalue weighted by atomic mass is 9.84. The third-order valence-corrected chi connectivity index (χ3v) is 4.73. The van der Waals surface area contributed by atoms with Crippen LogP contribution < -0.4 is 10.6 Å². The number of likely N-dealkylation sites (N-methyl/N-ethyl adjacent to an activating group) is 1. The van der Waals surface area contributed by atoms with Gasteiger partial charge in [0.25, 0.3) is 0 Å². The fraction of sp³-hybridized carbons (Fsp3) is 0.667. The SMILES string of the molecule is CCN(CC(O)C(N)CC1CCCCC1)c1ccccc1. The van der Waals surface area contributed by atoms with Crippen LogP contribution in [0.15, 0.2) is 30.3 Å². The molecular formula is C18H30N2O. The zero-order chi connectivity index (χ0) is 15.1. The van der Waals surface area contributed by atoms with Crippen molar-refractivity contribution < 1.29 is 5.11 Å². The van der Waals surface area contributed by atoms with Crippen LogP contribution in [-0.2, 0) is 0 Å². The second kappa shape index (κ2) is 8.40. The van der Waals surface area contributed by atoms with E-state index >= 15 is 0 Å². The minimum atomic E-state index is -0.452. The van der Waals surface area contributed by atoms with Crippen LogP contribution in [0.3, 0.4) is 0 Å². The van der Waals surface area contributed by atoms with Crippen LogP contribution in [0.5, 0.6) is 0 Å². The summed E-state index contributed by atoms with van der Waals surface area (Å²) < 4.78 is 0. The first-order valence-electron chi connectivity index (χ1n) is 8.44. The summed E-state index contributed by atoms with van der Waals surface area (Å²) in [5.41, 5.74) is 7.41. The highest BCUT2D eigenvalue weighted by Crippen LogP contribution is 2.27. The van der Waals surface area contributed by atoms with E-state index in [0.29, 0.717) is 6.54 Å². The summed E-state index contributed by atoms with van der Waals surface area (Å²) in [6.07, 6.45) is 7.12. The van der Waals surface area contributed by atoms with Crippen LogP contribution in [0.25, 0.3) is 0 Å². The summed E-state index contributed by atoms with van der Waals surface area (Å²) >= 11 is 0. The molecule has 0 bridgehead atoms. The number of nitrogens with two attached hydrogens (primary N) is 1. The molecule has 21 heavy (non-hydrogen) atoms. The molecule has 3 nitrogen and oxygen atoms in total. The largest absolute Gasteiger partial charge is 0.390 e. The third-order valence-electron chi connectivity index (χ3n) is 4.73. The van der Waals surface area contributed by atoms with Crippen LogP contribution in [0.2, 0.25) is 0 Å². The Morgan fingerprint density at radius 2 is 1.86 bits per heavy atom. The number of hydrogen-bond donors (Lipinski definition) is 2. The minimum Gasteiger partial charge on any atom is -0.390 e. The summed E-state index contributed by atoms with van der Waals surface area (Å²) in [4.78, 5) is 2.20. The first-order chi connectivity index (χ1) is 10.2. The fourth-order valence-corrected chi connectivity index (χ4v) is 3.38. The molecule has 2 atom stereocenters. The quantitative estimate of drug-likeness (QED) is 0.811. The first-order valence-corrected chi connectivity index (χ1v) is 8.44. The van der Waals surface area contributed by atoms with Crippen molar-refractivity contribution in [2.24, 2.45) is 11.7 Å². The molecule has 0 amide bonds. The minimum absolute atomic E-state index is 0.106. The molecule has 1 saturated carbocycles. The monoisotopic (exact) mass is 290 g/mol. The summed E-state index contributed by atoms with van der Waals surface area (Å²) in [5, 5.41) is 10.4. The Balaban J connectivity index is 1.85. The van der Waals surface area contributed by atoms with Crippen molar-refractivity contribution in [1.29, 1.82) is 0 Å². The number of nitrogens with zero attached hydrogens (tertiary/aromatic N) is 1. The standard InChI is InChI=1S/C18H30N2O/c1-2-20(16-11-7-4-8-12-16)14-18(21)17(19)13-15-9-5-3-6-10-15/h4,7-8,11-12,15,17-18,21H,2-3,5-6,9-10,13-14,19H2,1H3. The molecule has 1 aliphatic rings. The fourth-order valence-electron chi connectivity index (χ4n) is 3.38. The van der Waals surface area contributed by atoms with E-state index in [1.807, 2.05) is 18.2 Å². The predicted molar refractivity (Wildman–Crippen MR) is 89.5 cm³/mol. The Morgan fingerprint density at radius 1 is 1.19 bits per heavy atom. The number of hydrogen-bond acceptors (Lipinski definition) is 3. The molecule has 1 aromatic carbocycles. The van der Waals surface area contributed by atoms with E-state index in [1.54, 1.807) is 0 Å². The topological polar surface area (TPSA) is 49.5 Å². The van der Waals surface area contributed by atoms with Gasteiger partial charge in [-0.15, -0.1) is 0 Å². The molecule has 118 valence electrons. The van der Waals surface area contributed by atoms with Crippen molar-refractivity contribution >= 4 is 5.69 Å². The Hall–Kier alpha value is -1.06. The maximum absolute atomic E-state index is 10.4. The molecule has 0 heterocycles. The Kier molecular flexibility index (Phi) is 6.52. The molecule has 3 N–H and O–H groups in total. The molecule has 0 spiro atoms. The summed E-state index contributed by atoms with van der Waals surface area (Å²) in [7, 11) is 0. The van der Waals surface area contributed by atoms with E-state index in [0.717, 1.165) is 24.6 Å². The first kappa shape index (κ1) is 16.3. The summed E-state index contributed by atoms with van der Waals surface area (Å²) in [6.45, 7) is 3.62. The molecule has 0 radical (unpaired) electrons. The van der Waals surface area contributed by atoms with Gasteiger partial charge in [-0.1, -0.05) is 50.3 Å². The summed E-state index contributed by atoms with van der Waals surface area (Å²) in [6, 6.07) is 10.2. The van der Waals surface area contributed by atoms with Gasteiger partial charge >= 0.3 is 0 Å². The number of para-hydroxylation sites is 1. The van der Waals surface area contributed by atoms with E-state index in [-0.39, 0.29) is 6.04 Å². The van der Waals surface area contributed by atoms with Crippen LogP contribution >= 0.6 is 0 Å². The highest BCUT2D eigenvalue weighted by atomic mass is 16.3. The Labute approximate surface area is 129 Å². The smallest absolute Gasteiger partial charge is 0.0865 e. The molecule has 3 heteroatoms. The zero-order valence-corrected chi connectivity index (χ0v) is 13.2. The highest BCUT2D eigenvalue weighted by Gasteiger charge is 2.23. The number of aliphatic hydroxyl groups excluding tert-OH is 1. The van der Waals surface area contributed by atoms with E-state index in [4.69, 9.17) is 5.73 Å². The van der Waals surface area contributed by atoms with Gasteiger partial charge in [0, 0.05) is 24.8 Å². The van der Waals surface area contributed by atoms with Crippen LogP contribution in [0.1, 0.15) is 45.4 Å². The van der Waals surface area contributed by atoms with E-state index < -0.39 is 6.10 Å². The predicted octanol–water partition coefficient (Wildman–Crippen LogP) is 3.17. The molecular weight excluding hydrogens is 260 g/mol. The van der Waals surface area contributed by atoms with Gasteiger partial charge < -0.3 is 15.7 Å². The molecule has 0 aromatic heterocycles. The average molecular weight is 290 g/mol. The zero-order valence-electron chi connectivity index (χ0n) is 13.2. The van der Waals surface area contributed by atoms with Crippen molar-refractivity contribution in [2.75, 3.05) is 18.0 Å². The van der Waals surface area contributed by atoms with Gasteiger partial charge in [-0.2, -0.15) is 0 Å². The maximum atomic E-state index is 10.4. The molecule has 1 fully saturated rings. The second-order valence-electron chi connectivity index (χ2n) is 6.35. The second-order valence-corrected chi connectivity index (χ2v) is 6.35. The molecule has 1 aliphatic carbocycles. The summed E-state index contributed by atoms with van der Waals surface area (Å²) in [5.74, 6) is 0.718. The highest BCUT2D eigenvalue weighted by molar-refractivity contribution is 5.45. The van der Waals surface area contributed by atoms with Crippen molar-refractivity contribution in [3.05, 3.63) is 30.3 Å². The van der Waals surface area contributed by atoms with Gasteiger partial charge in [-0.3, -0.25) is 0 Å². The van der Waals surface area contributed by atoms with Crippen LogP contribution in [0, 0.1) is 5.92 Å². The molecule has 1 aromatic rings. The average Bonchev–Trinajstić information content (AvgIpc) is 2.54. The lowest BCUT2D eigenvalue weighted by molar-refractivity contribution is 0.131. The van der Waals surface area contributed by atoms with E-state index in [1.165, 1.54) is 32.1 Å².